The zero-order valence-electron chi connectivity index (χ0n) is 8.81. The van der Waals surface area contributed by atoms with E-state index in [0.29, 0.717) is 12.0 Å². The molecule has 5 heteroatoms. The molecule has 3 atom stereocenters. The fourth-order valence-electron chi connectivity index (χ4n) is 2.85. The van der Waals surface area contributed by atoms with E-state index >= 15 is 0 Å². The van der Waals surface area contributed by atoms with Gasteiger partial charge in [0, 0.05) is 17.1 Å². The van der Waals surface area contributed by atoms with Gasteiger partial charge in [-0.25, -0.2) is 0 Å². The molecule has 1 aliphatic carbocycles. The van der Waals surface area contributed by atoms with Crippen LogP contribution >= 0.6 is 0 Å². The van der Waals surface area contributed by atoms with Gasteiger partial charge in [-0.15, -0.1) is 0 Å². The van der Waals surface area contributed by atoms with Crippen LogP contribution < -0.4 is 0 Å². The number of hydrogen-bond donors (Lipinski definition) is 0. The summed E-state index contributed by atoms with van der Waals surface area (Å²) in [4.78, 5) is 2.95. The van der Waals surface area contributed by atoms with Gasteiger partial charge >= 0.3 is 0 Å². The molecular formula is C9H17N3OSi. The zero-order chi connectivity index (χ0) is 10.2. The van der Waals surface area contributed by atoms with Gasteiger partial charge < -0.3 is 4.43 Å². The largest absolute Gasteiger partial charge is 0.414 e. The number of fused-ring (bicyclic) bond motifs is 1. The first-order chi connectivity index (χ1) is 6.62. The molecule has 14 heavy (non-hydrogen) atoms. The average Bonchev–Trinajstić information content (AvgIpc) is 2.41. The molecule has 1 aliphatic heterocycles. The van der Waals surface area contributed by atoms with E-state index in [1.165, 1.54) is 12.5 Å². The maximum atomic E-state index is 8.50. The van der Waals surface area contributed by atoms with E-state index in [-0.39, 0.29) is 6.04 Å². The lowest BCUT2D eigenvalue weighted by molar-refractivity contribution is 0.121. The lowest BCUT2D eigenvalue weighted by Gasteiger charge is -2.29. The molecule has 1 heterocycles. The minimum absolute atomic E-state index is 0.202. The van der Waals surface area contributed by atoms with Gasteiger partial charge in [-0.1, -0.05) is 11.5 Å². The minimum atomic E-state index is -1.42. The van der Waals surface area contributed by atoms with Crippen molar-refractivity contribution in [2.75, 3.05) is 0 Å². The SMILES string of the molecule is C[Si]1(C)C[C@@H]2C(N=[N+]=[N-])CCC[C@@H]2O1. The summed E-state index contributed by atoms with van der Waals surface area (Å²) in [7, 11) is -1.42. The summed E-state index contributed by atoms with van der Waals surface area (Å²) in [6.07, 6.45) is 3.76. The molecule has 0 aromatic heterocycles. The first-order valence-electron chi connectivity index (χ1n) is 5.34. The summed E-state index contributed by atoms with van der Waals surface area (Å²) in [5.41, 5.74) is 8.50. The summed E-state index contributed by atoms with van der Waals surface area (Å²) in [6.45, 7) is 4.52. The van der Waals surface area contributed by atoms with Crippen LogP contribution in [-0.4, -0.2) is 20.5 Å². The number of hydrogen-bond acceptors (Lipinski definition) is 2. The molecule has 0 aromatic rings. The molecule has 0 amide bonds. The van der Waals surface area contributed by atoms with Gasteiger partial charge in [-0.05, 0) is 43.4 Å². The van der Waals surface area contributed by atoms with Crippen LogP contribution in [-0.2, 0) is 4.43 Å². The normalized spacial score (nSPS) is 40.0. The highest BCUT2D eigenvalue weighted by molar-refractivity contribution is 6.71. The first kappa shape index (κ1) is 10.0. The molecule has 0 aromatic carbocycles. The van der Waals surface area contributed by atoms with Gasteiger partial charge in [0.05, 0.1) is 0 Å². The van der Waals surface area contributed by atoms with E-state index in [4.69, 9.17) is 9.96 Å². The molecule has 1 unspecified atom stereocenters. The Morgan fingerprint density at radius 3 is 2.93 bits per heavy atom. The zero-order valence-corrected chi connectivity index (χ0v) is 9.81. The van der Waals surface area contributed by atoms with E-state index in [9.17, 15) is 0 Å². The van der Waals surface area contributed by atoms with E-state index < -0.39 is 8.32 Å². The second-order valence-corrected chi connectivity index (χ2v) is 9.15. The van der Waals surface area contributed by atoms with Crippen molar-refractivity contribution in [1.82, 2.24) is 0 Å². The maximum Gasteiger partial charge on any atom is 0.187 e. The molecule has 2 aliphatic rings. The third-order valence-corrected chi connectivity index (χ3v) is 5.75. The summed E-state index contributed by atoms with van der Waals surface area (Å²) < 4.78 is 6.08. The Labute approximate surface area is 85.4 Å². The summed E-state index contributed by atoms with van der Waals surface area (Å²) in [5.74, 6) is 0.515. The van der Waals surface area contributed by atoms with Crippen LogP contribution in [0.25, 0.3) is 10.4 Å². The van der Waals surface area contributed by atoms with Gasteiger partial charge in [0.2, 0.25) is 0 Å². The second kappa shape index (κ2) is 3.57. The van der Waals surface area contributed by atoms with Crippen molar-refractivity contribution >= 4 is 8.32 Å². The van der Waals surface area contributed by atoms with Crippen LogP contribution in [0.15, 0.2) is 5.11 Å². The Hall–Kier alpha value is -0.513. The van der Waals surface area contributed by atoms with Crippen LogP contribution in [0, 0.1) is 5.92 Å². The van der Waals surface area contributed by atoms with Crippen LogP contribution in [0.4, 0.5) is 0 Å². The van der Waals surface area contributed by atoms with Crippen LogP contribution in [0.5, 0.6) is 0 Å². The number of rotatable bonds is 1. The van der Waals surface area contributed by atoms with E-state index in [1.807, 2.05) is 0 Å². The van der Waals surface area contributed by atoms with E-state index in [2.05, 4.69) is 23.1 Å². The summed E-state index contributed by atoms with van der Waals surface area (Å²) in [5, 5.41) is 3.91. The van der Waals surface area contributed by atoms with E-state index in [1.54, 1.807) is 0 Å². The molecule has 0 N–H and O–H groups in total. The van der Waals surface area contributed by atoms with Gasteiger partial charge in [0.1, 0.15) is 0 Å². The Balaban J connectivity index is 2.14. The van der Waals surface area contributed by atoms with Crippen molar-refractivity contribution in [2.24, 2.45) is 11.0 Å². The van der Waals surface area contributed by atoms with Crippen LogP contribution in [0.2, 0.25) is 19.1 Å². The molecule has 0 spiro atoms. The van der Waals surface area contributed by atoms with E-state index in [0.717, 1.165) is 12.8 Å². The highest BCUT2D eigenvalue weighted by atomic mass is 28.4. The first-order valence-corrected chi connectivity index (χ1v) is 8.46. The molecule has 2 fully saturated rings. The molecule has 2 rings (SSSR count). The number of nitrogens with zero attached hydrogens (tertiary/aromatic N) is 3. The smallest absolute Gasteiger partial charge is 0.187 e. The Kier molecular flexibility index (Phi) is 2.55. The Morgan fingerprint density at radius 2 is 2.21 bits per heavy atom. The predicted molar refractivity (Wildman–Crippen MR) is 57.4 cm³/mol. The summed E-state index contributed by atoms with van der Waals surface area (Å²) >= 11 is 0. The van der Waals surface area contributed by atoms with Crippen LogP contribution in [0.1, 0.15) is 19.3 Å². The molecule has 4 nitrogen and oxygen atoms in total. The molecular weight excluding hydrogens is 194 g/mol. The summed E-state index contributed by atoms with van der Waals surface area (Å²) in [6, 6.07) is 1.37. The molecule has 78 valence electrons. The predicted octanol–water partition coefficient (Wildman–Crippen LogP) is 3.07. The minimum Gasteiger partial charge on any atom is -0.414 e. The highest BCUT2D eigenvalue weighted by Crippen LogP contribution is 2.42. The van der Waals surface area contributed by atoms with Gasteiger partial charge in [-0.2, -0.15) is 0 Å². The van der Waals surface area contributed by atoms with Crippen molar-refractivity contribution in [2.45, 2.75) is 50.5 Å². The van der Waals surface area contributed by atoms with Crippen molar-refractivity contribution in [1.29, 1.82) is 0 Å². The third kappa shape index (κ3) is 1.80. The fraction of sp³-hybridized carbons (Fsp3) is 1.00. The van der Waals surface area contributed by atoms with Gasteiger partial charge in [-0.3, -0.25) is 0 Å². The lowest BCUT2D eigenvalue weighted by Crippen LogP contribution is -2.31. The average molecular weight is 211 g/mol. The Bertz CT molecular complexity index is 275. The topological polar surface area (TPSA) is 58.0 Å². The standard InChI is InChI=1S/C9H17N3OSi/c1-14(2)6-7-8(11-12-10)4-3-5-9(7)13-14/h7-9H,3-6H2,1-2H3/t7-,8?,9+/m1/s1. The molecule has 1 saturated carbocycles. The lowest BCUT2D eigenvalue weighted by atomic mass is 9.84. The molecule has 0 radical (unpaired) electrons. The number of azide groups is 1. The van der Waals surface area contributed by atoms with Crippen molar-refractivity contribution in [3.05, 3.63) is 10.4 Å². The van der Waals surface area contributed by atoms with Crippen molar-refractivity contribution < 1.29 is 4.43 Å². The Morgan fingerprint density at radius 1 is 1.43 bits per heavy atom. The third-order valence-electron chi connectivity index (χ3n) is 3.36. The molecule has 1 saturated heterocycles. The monoisotopic (exact) mass is 211 g/mol. The van der Waals surface area contributed by atoms with Gasteiger partial charge in [0.15, 0.2) is 8.32 Å². The van der Waals surface area contributed by atoms with Crippen molar-refractivity contribution in [3.8, 4) is 0 Å². The molecule has 0 bridgehead atoms. The fourth-order valence-corrected chi connectivity index (χ4v) is 5.73. The van der Waals surface area contributed by atoms with Gasteiger partial charge in [0.25, 0.3) is 0 Å². The van der Waals surface area contributed by atoms with Crippen LogP contribution in [0.3, 0.4) is 0 Å². The maximum absolute atomic E-state index is 8.50. The highest BCUT2D eigenvalue weighted by Gasteiger charge is 2.46. The quantitative estimate of drug-likeness (QED) is 0.284. The second-order valence-electron chi connectivity index (χ2n) is 4.99. The van der Waals surface area contributed by atoms with Crippen molar-refractivity contribution in [3.63, 3.8) is 0 Å².